The van der Waals surface area contributed by atoms with Crippen molar-refractivity contribution in [1.82, 2.24) is 4.90 Å². The molecule has 0 aromatic heterocycles. The number of rotatable bonds is 4. The number of sulfone groups is 1. The first-order valence-corrected chi connectivity index (χ1v) is 9.82. The van der Waals surface area contributed by atoms with E-state index in [1.54, 1.807) is 35.2 Å². The van der Waals surface area contributed by atoms with E-state index in [9.17, 15) is 18.3 Å². The molecular weight excluding hydrogens is 314 g/mol. The van der Waals surface area contributed by atoms with Crippen LogP contribution in [0.25, 0.3) is 0 Å². The van der Waals surface area contributed by atoms with Crippen molar-refractivity contribution in [3.63, 3.8) is 0 Å². The smallest absolute Gasteiger partial charge is 0.223 e. The Morgan fingerprint density at radius 1 is 1.17 bits per heavy atom. The zero-order chi connectivity index (χ0) is 16.5. The molecule has 1 aliphatic heterocycles. The molecule has 1 aromatic carbocycles. The zero-order valence-corrected chi connectivity index (χ0v) is 14.0. The van der Waals surface area contributed by atoms with Gasteiger partial charge in [0.1, 0.15) is 0 Å². The number of carbonyl (C=O) groups is 1. The molecule has 1 saturated heterocycles. The topological polar surface area (TPSA) is 74.7 Å². The van der Waals surface area contributed by atoms with Crippen LogP contribution in [-0.2, 0) is 14.6 Å². The molecule has 3 rings (SSSR count). The molecule has 1 amide bonds. The van der Waals surface area contributed by atoms with Gasteiger partial charge in [-0.2, -0.15) is 0 Å². The molecule has 1 N–H and O–H groups in total. The summed E-state index contributed by atoms with van der Waals surface area (Å²) in [5, 5.41) is 9.90. The van der Waals surface area contributed by atoms with Gasteiger partial charge < -0.3 is 10.0 Å². The highest BCUT2D eigenvalue weighted by Gasteiger charge is 2.47. The highest BCUT2D eigenvalue weighted by atomic mass is 32.2. The number of carbonyl (C=O) groups excluding carboxylic acids is 1. The minimum absolute atomic E-state index is 0.0206. The van der Waals surface area contributed by atoms with Crippen molar-refractivity contribution in [3.8, 4) is 0 Å². The van der Waals surface area contributed by atoms with Crippen molar-refractivity contribution in [2.45, 2.75) is 43.1 Å². The van der Waals surface area contributed by atoms with Gasteiger partial charge >= 0.3 is 0 Å². The Morgan fingerprint density at radius 2 is 1.83 bits per heavy atom. The summed E-state index contributed by atoms with van der Waals surface area (Å²) in [6, 6.07) is 8.25. The van der Waals surface area contributed by atoms with Crippen molar-refractivity contribution in [2.24, 2.45) is 5.41 Å². The summed E-state index contributed by atoms with van der Waals surface area (Å²) < 4.78 is 24.4. The highest BCUT2D eigenvalue weighted by molar-refractivity contribution is 7.91. The second-order valence-corrected chi connectivity index (χ2v) is 8.79. The predicted octanol–water partition coefficient (Wildman–Crippen LogP) is 1.61. The number of hydrogen-bond donors (Lipinski definition) is 1. The van der Waals surface area contributed by atoms with Crippen molar-refractivity contribution >= 4 is 15.7 Å². The minimum atomic E-state index is -3.41. The monoisotopic (exact) mass is 337 g/mol. The Morgan fingerprint density at radius 3 is 2.35 bits per heavy atom. The quantitative estimate of drug-likeness (QED) is 0.906. The van der Waals surface area contributed by atoms with E-state index < -0.39 is 9.84 Å². The Hall–Kier alpha value is -1.40. The number of hydrogen-bond acceptors (Lipinski definition) is 4. The van der Waals surface area contributed by atoms with Crippen LogP contribution in [0.5, 0.6) is 0 Å². The Balaban J connectivity index is 1.52. The normalized spacial score (nSPS) is 23.5. The molecule has 6 heteroatoms. The lowest BCUT2D eigenvalue weighted by Crippen LogP contribution is -2.53. The van der Waals surface area contributed by atoms with Crippen LogP contribution >= 0.6 is 0 Å². The summed E-state index contributed by atoms with van der Waals surface area (Å²) in [6.45, 7) is 1.25. The molecular formula is C17H23NO4S. The Bertz CT molecular complexity index is 663. The number of benzene rings is 1. The van der Waals surface area contributed by atoms with Crippen molar-refractivity contribution in [3.05, 3.63) is 30.3 Å². The molecule has 1 heterocycles. The molecule has 1 atom stereocenters. The number of amides is 1. The van der Waals surface area contributed by atoms with Gasteiger partial charge in [0, 0.05) is 19.5 Å². The van der Waals surface area contributed by atoms with Crippen LogP contribution in [-0.4, -0.2) is 49.3 Å². The summed E-state index contributed by atoms with van der Waals surface area (Å²) >= 11 is 0. The maximum Gasteiger partial charge on any atom is 0.223 e. The van der Waals surface area contributed by atoms with Crippen LogP contribution in [0.1, 0.15) is 32.1 Å². The zero-order valence-electron chi connectivity index (χ0n) is 13.1. The summed E-state index contributed by atoms with van der Waals surface area (Å²) in [7, 11) is -3.41. The van der Waals surface area contributed by atoms with Gasteiger partial charge in [0.25, 0.3) is 0 Å². The van der Waals surface area contributed by atoms with Crippen molar-refractivity contribution < 1.29 is 18.3 Å². The largest absolute Gasteiger partial charge is 0.393 e. The Labute approximate surface area is 137 Å². The highest BCUT2D eigenvalue weighted by Crippen LogP contribution is 2.49. The lowest BCUT2D eigenvalue weighted by molar-refractivity contribution is -0.140. The van der Waals surface area contributed by atoms with E-state index in [0.29, 0.717) is 13.1 Å². The molecule has 0 radical (unpaired) electrons. The van der Waals surface area contributed by atoms with Crippen LogP contribution in [0, 0.1) is 5.41 Å². The van der Waals surface area contributed by atoms with Gasteiger partial charge in [-0.3, -0.25) is 4.79 Å². The first-order chi connectivity index (χ1) is 10.9. The van der Waals surface area contributed by atoms with E-state index >= 15 is 0 Å². The van der Waals surface area contributed by atoms with Gasteiger partial charge in [-0.1, -0.05) is 18.2 Å². The predicted molar refractivity (Wildman–Crippen MR) is 86.6 cm³/mol. The number of aliphatic hydroxyl groups is 1. The molecule has 1 spiro atoms. The van der Waals surface area contributed by atoms with Gasteiger partial charge in [-0.05, 0) is 43.2 Å². The van der Waals surface area contributed by atoms with Gasteiger partial charge in [0.05, 0.1) is 16.8 Å². The van der Waals surface area contributed by atoms with E-state index in [1.807, 2.05) is 0 Å². The summed E-state index contributed by atoms with van der Waals surface area (Å²) in [6.07, 6.45) is 3.35. The van der Waals surface area contributed by atoms with Crippen LogP contribution in [0.2, 0.25) is 0 Å². The van der Waals surface area contributed by atoms with Crippen molar-refractivity contribution in [1.29, 1.82) is 0 Å². The van der Waals surface area contributed by atoms with Gasteiger partial charge in [0.2, 0.25) is 5.91 Å². The molecule has 23 heavy (non-hydrogen) atoms. The summed E-state index contributed by atoms with van der Waals surface area (Å²) in [4.78, 5) is 14.3. The third kappa shape index (κ3) is 3.28. The average molecular weight is 337 g/mol. The third-order valence-electron chi connectivity index (χ3n) is 5.42. The SMILES string of the molecule is O=C(CCS(=O)(=O)c1ccccc1)N1CCC2(CCC2O)CC1. The molecule has 2 fully saturated rings. The van der Waals surface area contributed by atoms with E-state index in [1.165, 1.54) is 0 Å². The number of aliphatic hydroxyl groups excluding tert-OH is 1. The standard InChI is InChI=1S/C17H23NO4S/c19-15-6-8-17(15)9-11-18(12-10-17)16(20)7-13-23(21,22)14-4-2-1-3-5-14/h1-5,15,19H,6-13H2. The van der Waals surface area contributed by atoms with E-state index in [-0.39, 0.29) is 34.5 Å². The Kier molecular flexibility index (Phi) is 4.47. The first-order valence-electron chi connectivity index (χ1n) is 8.17. The van der Waals surface area contributed by atoms with Crippen LogP contribution in [0.3, 0.4) is 0 Å². The molecule has 1 aliphatic carbocycles. The molecule has 1 unspecified atom stereocenters. The number of piperidine rings is 1. The molecule has 1 aromatic rings. The van der Waals surface area contributed by atoms with Crippen LogP contribution in [0.15, 0.2) is 35.2 Å². The van der Waals surface area contributed by atoms with E-state index in [0.717, 1.165) is 25.7 Å². The second kappa shape index (κ2) is 6.24. The molecule has 0 bridgehead atoms. The van der Waals surface area contributed by atoms with Gasteiger partial charge in [0.15, 0.2) is 9.84 Å². The fourth-order valence-corrected chi connectivity index (χ4v) is 4.84. The lowest BCUT2D eigenvalue weighted by Gasteiger charge is -2.51. The van der Waals surface area contributed by atoms with Gasteiger partial charge in [-0.25, -0.2) is 8.42 Å². The number of nitrogens with zero attached hydrogens (tertiary/aromatic N) is 1. The summed E-state index contributed by atoms with van der Waals surface area (Å²) in [5.74, 6) is -0.256. The number of likely N-dealkylation sites (tertiary alicyclic amines) is 1. The maximum atomic E-state index is 12.3. The van der Waals surface area contributed by atoms with E-state index in [4.69, 9.17) is 0 Å². The van der Waals surface area contributed by atoms with E-state index in [2.05, 4.69) is 0 Å². The summed E-state index contributed by atoms with van der Waals surface area (Å²) in [5.41, 5.74) is 0.0207. The molecule has 1 saturated carbocycles. The van der Waals surface area contributed by atoms with Crippen molar-refractivity contribution in [2.75, 3.05) is 18.8 Å². The maximum absolute atomic E-state index is 12.3. The minimum Gasteiger partial charge on any atom is -0.393 e. The lowest BCUT2D eigenvalue weighted by atomic mass is 9.61. The van der Waals surface area contributed by atoms with Crippen LogP contribution < -0.4 is 0 Å². The molecule has 2 aliphatic rings. The first kappa shape index (κ1) is 16.5. The second-order valence-electron chi connectivity index (χ2n) is 6.68. The third-order valence-corrected chi connectivity index (χ3v) is 7.15. The molecule has 5 nitrogen and oxygen atoms in total. The average Bonchev–Trinajstić information content (AvgIpc) is 2.59. The van der Waals surface area contributed by atoms with Gasteiger partial charge in [-0.15, -0.1) is 0 Å². The fraction of sp³-hybridized carbons (Fsp3) is 0.588. The molecule has 126 valence electrons. The fourth-order valence-electron chi connectivity index (χ4n) is 3.59. The van der Waals surface area contributed by atoms with Crippen LogP contribution in [0.4, 0.5) is 0 Å².